The first-order valence-electron chi connectivity index (χ1n) is 12.1. The fraction of sp³-hybridized carbons (Fsp3) is 0.652. The van der Waals surface area contributed by atoms with Crippen LogP contribution >= 0.6 is 10.6 Å². The van der Waals surface area contributed by atoms with Gasteiger partial charge in [0.25, 0.3) is 0 Å². The average molecular weight is 491 g/mol. The lowest BCUT2D eigenvalue weighted by molar-refractivity contribution is -0.128. The first kappa shape index (κ1) is 23.4. The second-order valence-corrected chi connectivity index (χ2v) is 12.2. The highest BCUT2D eigenvalue weighted by molar-refractivity contribution is 8.24. The van der Waals surface area contributed by atoms with Crippen molar-refractivity contribution >= 4 is 38.9 Å². The zero-order valence-electron chi connectivity index (χ0n) is 19.8. The second-order valence-electron chi connectivity index (χ2n) is 9.75. The van der Waals surface area contributed by atoms with Crippen LogP contribution in [-0.4, -0.2) is 65.7 Å². The third kappa shape index (κ3) is 4.36. The van der Waals surface area contributed by atoms with Crippen molar-refractivity contribution in [2.75, 3.05) is 23.9 Å². The summed E-state index contributed by atoms with van der Waals surface area (Å²) in [6.07, 6.45) is 8.95. The molecule has 2 aliphatic heterocycles. The quantitative estimate of drug-likeness (QED) is 0.503. The largest absolute Gasteiger partial charge is 0.389 e. The van der Waals surface area contributed by atoms with Crippen molar-refractivity contribution in [2.24, 2.45) is 11.1 Å². The lowest BCUT2D eigenvalue weighted by atomic mass is 9.75. The fourth-order valence-corrected chi connectivity index (χ4v) is 6.96. The zero-order chi connectivity index (χ0) is 23.9. The smallest absolute Gasteiger partial charge is 0.222 e. The van der Waals surface area contributed by atoms with Crippen LogP contribution in [-0.2, 0) is 16.2 Å². The van der Waals surface area contributed by atoms with E-state index in [1.54, 1.807) is 7.05 Å². The summed E-state index contributed by atoms with van der Waals surface area (Å²) in [4.78, 5) is 22.8. The maximum atomic E-state index is 12.0. The molecule has 2 aromatic rings. The van der Waals surface area contributed by atoms with Gasteiger partial charge in [0, 0.05) is 55.2 Å². The van der Waals surface area contributed by atoms with Gasteiger partial charge in [-0.25, -0.2) is 9.67 Å². The standard InChI is InChI=1S/C23H34N6O4S/c1-3-29-21-18(14-26-29)20(27-16-6-10-34(31,32)11-7-16)17(13-25-21)19-12-23(33-28-19)8-4-15(5-9-23)22(30)24-2/h13-16,31-32H,3-12H2,1-2H3,(H,24,30)(H,25,27). The molecule has 2 fully saturated rings. The molecular formula is C23H34N6O4S. The van der Waals surface area contributed by atoms with E-state index in [1.165, 1.54) is 0 Å². The number of fused-ring (bicyclic) bond motifs is 1. The molecule has 2 aromatic heterocycles. The van der Waals surface area contributed by atoms with Crippen LogP contribution in [0.1, 0.15) is 57.4 Å². The summed E-state index contributed by atoms with van der Waals surface area (Å²) in [7, 11) is -0.761. The number of aryl methyl sites for hydroxylation is 1. The molecule has 10 nitrogen and oxygen atoms in total. The van der Waals surface area contributed by atoms with E-state index in [2.05, 4.69) is 20.9 Å². The molecule has 1 aliphatic carbocycles. The fourth-order valence-electron chi connectivity index (χ4n) is 5.43. The Morgan fingerprint density at radius 2 is 1.97 bits per heavy atom. The number of oxime groups is 1. The van der Waals surface area contributed by atoms with E-state index in [4.69, 9.17) is 9.82 Å². The lowest BCUT2D eigenvalue weighted by Crippen LogP contribution is -2.39. The number of anilines is 1. The minimum absolute atomic E-state index is 0.0389. The number of rotatable bonds is 5. The van der Waals surface area contributed by atoms with Crippen molar-refractivity contribution < 1.29 is 18.7 Å². The monoisotopic (exact) mass is 490 g/mol. The van der Waals surface area contributed by atoms with Crippen LogP contribution in [0.15, 0.2) is 17.5 Å². The van der Waals surface area contributed by atoms with Crippen LogP contribution in [0.2, 0.25) is 0 Å². The van der Waals surface area contributed by atoms with E-state index >= 15 is 0 Å². The molecular weight excluding hydrogens is 456 g/mol. The summed E-state index contributed by atoms with van der Waals surface area (Å²) in [5.74, 6) is 0.980. The molecule has 1 spiro atoms. The molecule has 0 radical (unpaired) electrons. The van der Waals surface area contributed by atoms with Gasteiger partial charge in [-0.3, -0.25) is 13.9 Å². The molecule has 186 valence electrons. The molecule has 1 amide bonds. The van der Waals surface area contributed by atoms with Gasteiger partial charge in [-0.15, -0.1) is 0 Å². The number of nitrogens with one attached hydrogen (secondary N) is 2. The molecule has 3 aliphatic rings. The van der Waals surface area contributed by atoms with Crippen molar-refractivity contribution in [3.8, 4) is 0 Å². The summed E-state index contributed by atoms with van der Waals surface area (Å²) in [5, 5.41) is 16.4. The van der Waals surface area contributed by atoms with Gasteiger partial charge in [0.1, 0.15) is 5.60 Å². The Kier molecular flexibility index (Phi) is 6.19. The minimum atomic E-state index is -2.45. The maximum Gasteiger partial charge on any atom is 0.222 e. The molecule has 4 heterocycles. The van der Waals surface area contributed by atoms with Gasteiger partial charge in [-0.2, -0.15) is 15.7 Å². The zero-order valence-corrected chi connectivity index (χ0v) is 20.6. The first-order chi connectivity index (χ1) is 16.3. The van der Waals surface area contributed by atoms with E-state index in [-0.39, 0.29) is 23.5 Å². The van der Waals surface area contributed by atoms with Crippen molar-refractivity contribution in [2.45, 2.75) is 70.1 Å². The first-order valence-corrected chi connectivity index (χ1v) is 14.0. The van der Waals surface area contributed by atoms with E-state index in [9.17, 15) is 13.9 Å². The second kappa shape index (κ2) is 9.01. The highest BCUT2D eigenvalue weighted by Crippen LogP contribution is 2.46. The molecule has 11 heteroatoms. The summed E-state index contributed by atoms with van der Waals surface area (Å²) in [5.41, 5.74) is 3.16. The molecule has 0 bridgehead atoms. The molecule has 0 aromatic carbocycles. The van der Waals surface area contributed by atoms with E-state index < -0.39 is 10.6 Å². The average Bonchev–Trinajstić information content (AvgIpc) is 3.45. The Balaban J connectivity index is 1.40. The van der Waals surface area contributed by atoms with Crippen LogP contribution in [0.3, 0.4) is 0 Å². The summed E-state index contributed by atoms with van der Waals surface area (Å²) in [6, 6.07) is 0.133. The Morgan fingerprint density at radius 1 is 1.24 bits per heavy atom. The summed E-state index contributed by atoms with van der Waals surface area (Å²) >= 11 is 0. The number of carbonyl (C=O) groups is 1. The predicted octanol–water partition coefficient (Wildman–Crippen LogP) is 3.58. The Morgan fingerprint density at radius 3 is 2.65 bits per heavy atom. The summed E-state index contributed by atoms with van der Waals surface area (Å²) in [6.45, 7) is 2.76. The van der Waals surface area contributed by atoms with Crippen LogP contribution in [0, 0.1) is 5.92 Å². The van der Waals surface area contributed by atoms with Crippen LogP contribution in [0.5, 0.6) is 0 Å². The van der Waals surface area contributed by atoms with Gasteiger partial charge in [-0.1, -0.05) is 5.16 Å². The third-order valence-corrected chi connectivity index (χ3v) is 9.34. The summed E-state index contributed by atoms with van der Waals surface area (Å²) < 4.78 is 21.9. The Labute approximate surface area is 200 Å². The Bertz CT molecular complexity index is 1100. The number of aromatic nitrogens is 3. The number of carbonyl (C=O) groups excluding carboxylic acids is 1. The maximum absolute atomic E-state index is 12.0. The normalized spacial score (nSPS) is 23.5. The van der Waals surface area contributed by atoms with Gasteiger partial charge < -0.3 is 15.5 Å². The lowest BCUT2D eigenvalue weighted by Gasteiger charge is -2.39. The number of hydrogen-bond donors (Lipinski definition) is 4. The van der Waals surface area contributed by atoms with Crippen molar-refractivity contribution in [1.82, 2.24) is 20.1 Å². The molecule has 0 unspecified atom stereocenters. The number of hydrogen-bond acceptors (Lipinski definition) is 8. The SMILES string of the molecule is CCn1ncc2c(NC3CCS(O)(O)CC3)c(C3=NOC4(CCC(C(=O)NC)CC4)C3)cnc21. The van der Waals surface area contributed by atoms with Gasteiger partial charge >= 0.3 is 0 Å². The molecule has 0 atom stereocenters. The number of pyridine rings is 1. The van der Waals surface area contributed by atoms with Gasteiger partial charge in [0.05, 0.1) is 23.0 Å². The molecule has 1 saturated heterocycles. The van der Waals surface area contributed by atoms with Crippen LogP contribution in [0.25, 0.3) is 11.0 Å². The Hall–Kier alpha value is -2.37. The van der Waals surface area contributed by atoms with Gasteiger partial charge in [0.2, 0.25) is 5.91 Å². The molecule has 4 N–H and O–H groups in total. The predicted molar refractivity (Wildman–Crippen MR) is 133 cm³/mol. The van der Waals surface area contributed by atoms with Crippen molar-refractivity contribution in [3.05, 3.63) is 18.0 Å². The highest BCUT2D eigenvalue weighted by atomic mass is 32.3. The van der Waals surface area contributed by atoms with Gasteiger partial charge in [-0.05, 0) is 45.4 Å². The van der Waals surface area contributed by atoms with E-state index in [0.29, 0.717) is 30.8 Å². The number of nitrogens with zero attached hydrogens (tertiary/aromatic N) is 4. The van der Waals surface area contributed by atoms with Gasteiger partial charge in [0.15, 0.2) is 5.65 Å². The van der Waals surface area contributed by atoms with Crippen LogP contribution < -0.4 is 10.6 Å². The topological polar surface area (TPSA) is 134 Å². The van der Waals surface area contributed by atoms with E-state index in [0.717, 1.165) is 60.2 Å². The highest BCUT2D eigenvalue weighted by Gasteiger charge is 2.44. The van der Waals surface area contributed by atoms with Crippen LogP contribution in [0.4, 0.5) is 5.69 Å². The van der Waals surface area contributed by atoms with Crippen molar-refractivity contribution in [3.63, 3.8) is 0 Å². The molecule has 34 heavy (non-hydrogen) atoms. The molecule has 5 rings (SSSR count). The number of amides is 1. The minimum Gasteiger partial charge on any atom is -0.389 e. The van der Waals surface area contributed by atoms with Crippen molar-refractivity contribution in [1.29, 1.82) is 0 Å². The third-order valence-electron chi connectivity index (χ3n) is 7.56. The van der Waals surface area contributed by atoms with E-state index in [1.807, 2.05) is 24.0 Å². The molecule has 1 saturated carbocycles.